The van der Waals surface area contributed by atoms with Crippen molar-refractivity contribution in [1.29, 1.82) is 0 Å². The van der Waals surface area contributed by atoms with E-state index in [0.29, 0.717) is 11.5 Å². The van der Waals surface area contributed by atoms with Crippen molar-refractivity contribution in [1.82, 2.24) is 19.9 Å². The maximum Gasteiger partial charge on any atom is 0.234 e. The molecule has 0 aliphatic carbocycles. The molecule has 2 aromatic rings. The van der Waals surface area contributed by atoms with Crippen LogP contribution < -0.4 is 0 Å². The molecular weight excluding hydrogens is 224 g/mol. The first-order chi connectivity index (χ1) is 8.19. The first-order valence-electron chi connectivity index (χ1n) is 5.02. The van der Waals surface area contributed by atoms with Gasteiger partial charge in [0.1, 0.15) is 12.3 Å². The molecule has 0 radical (unpaired) electrons. The summed E-state index contributed by atoms with van der Waals surface area (Å²) in [6.07, 6.45) is 1.86. The summed E-state index contributed by atoms with van der Waals surface area (Å²) < 4.78 is 11.3. The Morgan fingerprint density at radius 2 is 2.41 bits per heavy atom. The van der Waals surface area contributed by atoms with Gasteiger partial charge < -0.3 is 9.26 Å². The van der Waals surface area contributed by atoms with Crippen LogP contribution in [-0.2, 0) is 23.0 Å². The minimum Gasteiger partial charge on any atom is -0.377 e. The largest absolute Gasteiger partial charge is 0.377 e. The van der Waals surface area contributed by atoms with E-state index < -0.39 is 0 Å². The standard InChI is InChI=1S/C10H12N4O3/c1-14-4-3-8(12-14)10-11-9(17-13-10)5-7(15)6-16-2/h3-4H,5-6H2,1-2H3. The van der Waals surface area contributed by atoms with E-state index in [2.05, 4.69) is 15.2 Å². The number of aryl methyl sites for hydroxylation is 1. The SMILES string of the molecule is COCC(=O)Cc1nc(-c2ccn(C)n2)no1. The molecule has 7 nitrogen and oxygen atoms in total. The van der Waals surface area contributed by atoms with Gasteiger partial charge in [0, 0.05) is 20.4 Å². The molecule has 0 saturated carbocycles. The summed E-state index contributed by atoms with van der Waals surface area (Å²) in [5, 5.41) is 7.89. The summed E-state index contributed by atoms with van der Waals surface area (Å²) in [7, 11) is 3.26. The molecule has 7 heteroatoms. The number of hydrogen-bond acceptors (Lipinski definition) is 6. The molecule has 2 heterocycles. The first-order valence-corrected chi connectivity index (χ1v) is 5.02. The Bertz CT molecular complexity index is 517. The Morgan fingerprint density at radius 3 is 3.06 bits per heavy atom. The zero-order valence-corrected chi connectivity index (χ0v) is 9.58. The Labute approximate surface area is 97.4 Å². The Balaban J connectivity index is 2.08. The van der Waals surface area contributed by atoms with Gasteiger partial charge in [-0.25, -0.2) is 0 Å². The molecule has 0 unspecified atom stereocenters. The first kappa shape index (κ1) is 11.5. The monoisotopic (exact) mass is 236 g/mol. The van der Waals surface area contributed by atoms with Gasteiger partial charge >= 0.3 is 0 Å². The van der Waals surface area contributed by atoms with Crippen molar-refractivity contribution >= 4 is 5.78 Å². The molecule has 17 heavy (non-hydrogen) atoms. The summed E-state index contributed by atoms with van der Waals surface area (Å²) in [4.78, 5) is 15.4. The number of carbonyl (C=O) groups excluding carboxylic acids is 1. The fourth-order valence-corrected chi connectivity index (χ4v) is 1.35. The second-order valence-electron chi connectivity index (χ2n) is 3.53. The predicted octanol–water partition coefficient (Wildman–Crippen LogP) is 0.228. The van der Waals surface area contributed by atoms with Gasteiger partial charge in [0.15, 0.2) is 5.78 Å². The van der Waals surface area contributed by atoms with Crippen molar-refractivity contribution < 1.29 is 14.1 Å². The number of methoxy groups -OCH3 is 1. The van der Waals surface area contributed by atoms with Crippen LogP contribution in [0.15, 0.2) is 16.8 Å². The molecule has 0 aliphatic rings. The van der Waals surface area contributed by atoms with Crippen LogP contribution in [0.5, 0.6) is 0 Å². The van der Waals surface area contributed by atoms with Crippen LogP contribution >= 0.6 is 0 Å². The highest BCUT2D eigenvalue weighted by atomic mass is 16.5. The number of ether oxygens (including phenoxy) is 1. The summed E-state index contributed by atoms with van der Waals surface area (Å²) in [6, 6.07) is 1.77. The molecule has 0 atom stereocenters. The summed E-state index contributed by atoms with van der Waals surface area (Å²) in [5.41, 5.74) is 0.613. The smallest absolute Gasteiger partial charge is 0.234 e. The van der Waals surface area contributed by atoms with E-state index in [1.165, 1.54) is 7.11 Å². The number of aromatic nitrogens is 4. The van der Waals surface area contributed by atoms with Crippen LogP contribution in [0.3, 0.4) is 0 Å². The molecular formula is C10H12N4O3. The second kappa shape index (κ2) is 4.88. The van der Waals surface area contributed by atoms with Crippen LogP contribution in [0.25, 0.3) is 11.5 Å². The van der Waals surface area contributed by atoms with Crippen LogP contribution in [0, 0.1) is 0 Å². The molecule has 0 saturated heterocycles. The van der Waals surface area contributed by atoms with Crippen molar-refractivity contribution in [3.8, 4) is 11.5 Å². The highest BCUT2D eigenvalue weighted by Gasteiger charge is 2.13. The van der Waals surface area contributed by atoms with Gasteiger partial charge in [0.25, 0.3) is 0 Å². The van der Waals surface area contributed by atoms with E-state index in [9.17, 15) is 4.79 Å². The van der Waals surface area contributed by atoms with Gasteiger partial charge in [-0.05, 0) is 6.07 Å². The molecule has 90 valence electrons. The lowest BCUT2D eigenvalue weighted by molar-refractivity contribution is -0.122. The molecule has 0 fully saturated rings. The molecule has 0 aliphatic heterocycles. The Hall–Kier alpha value is -2.02. The summed E-state index contributed by atoms with van der Waals surface area (Å²) in [6.45, 7) is 0.0430. The van der Waals surface area contributed by atoms with Gasteiger partial charge in [0.05, 0.1) is 6.42 Å². The Kier molecular flexibility index (Phi) is 3.29. The lowest BCUT2D eigenvalue weighted by Crippen LogP contribution is -2.09. The highest BCUT2D eigenvalue weighted by molar-refractivity contribution is 5.81. The minimum absolute atomic E-state index is 0.0430. The number of rotatable bonds is 5. The van der Waals surface area contributed by atoms with E-state index >= 15 is 0 Å². The van der Waals surface area contributed by atoms with E-state index in [1.54, 1.807) is 24.0 Å². The average molecular weight is 236 g/mol. The number of hydrogen-bond donors (Lipinski definition) is 0. The minimum atomic E-state index is -0.108. The van der Waals surface area contributed by atoms with Gasteiger partial charge in [0.2, 0.25) is 11.7 Å². The average Bonchev–Trinajstić information content (AvgIpc) is 2.87. The third kappa shape index (κ3) is 2.76. The molecule has 0 aromatic carbocycles. The normalized spacial score (nSPS) is 10.7. The van der Waals surface area contributed by atoms with Crippen LogP contribution in [-0.4, -0.2) is 39.4 Å². The number of nitrogens with zero attached hydrogens (tertiary/aromatic N) is 4. The maximum atomic E-state index is 11.3. The fourth-order valence-electron chi connectivity index (χ4n) is 1.35. The van der Waals surface area contributed by atoms with E-state index in [1.807, 2.05) is 0 Å². The van der Waals surface area contributed by atoms with Gasteiger partial charge in [-0.1, -0.05) is 5.16 Å². The Morgan fingerprint density at radius 1 is 1.59 bits per heavy atom. The highest BCUT2D eigenvalue weighted by Crippen LogP contribution is 2.12. The van der Waals surface area contributed by atoms with E-state index in [4.69, 9.17) is 9.26 Å². The van der Waals surface area contributed by atoms with Crippen molar-refractivity contribution in [3.63, 3.8) is 0 Å². The van der Waals surface area contributed by atoms with Crippen molar-refractivity contribution in [2.75, 3.05) is 13.7 Å². The molecule has 2 aromatic heterocycles. The van der Waals surface area contributed by atoms with Crippen molar-refractivity contribution in [2.45, 2.75) is 6.42 Å². The zero-order chi connectivity index (χ0) is 12.3. The summed E-state index contributed by atoms with van der Waals surface area (Å²) >= 11 is 0. The van der Waals surface area contributed by atoms with Gasteiger partial charge in [-0.3, -0.25) is 9.48 Å². The number of Topliss-reactive ketones (excluding diaryl/α,β-unsaturated/α-hetero) is 1. The molecule has 0 N–H and O–H groups in total. The maximum absolute atomic E-state index is 11.3. The quantitative estimate of drug-likeness (QED) is 0.738. The second-order valence-corrected chi connectivity index (χ2v) is 3.53. The molecule has 0 bridgehead atoms. The third-order valence-corrected chi connectivity index (χ3v) is 2.06. The molecule has 0 amide bonds. The van der Waals surface area contributed by atoms with Crippen LogP contribution in [0.4, 0.5) is 0 Å². The van der Waals surface area contributed by atoms with Crippen LogP contribution in [0.2, 0.25) is 0 Å². The molecule has 2 rings (SSSR count). The predicted molar refractivity (Wildman–Crippen MR) is 57.1 cm³/mol. The van der Waals surface area contributed by atoms with Crippen molar-refractivity contribution in [3.05, 3.63) is 18.2 Å². The number of ketones is 1. The topological polar surface area (TPSA) is 83.0 Å². The fraction of sp³-hybridized carbons (Fsp3) is 0.400. The summed E-state index contributed by atoms with van der Waals surface area (Å²) in [5.74, 6) is 0.544. The zero-order valence-electron chi connectivity index (χ0n) is 9.58. The van der Waals surface area contributed by atoms with Crippen LogP contribution in [0.1, 0.15) is 5.89 Å². The lowest BCUT2D eigenvalue weighted by Gasteiger charge is -1.93. The van der Waals surface area contributed by atoms with Gasteiger partial charge in [-0.15, -0.1) is 0 Å². The van der Waals surface area contributed by atoms with Gasteiger partial charge in [-0.2, -0.15) is 10.1 Å². The molecule has 0 spiro atoms. The number of carbonyl (C=O) groups is 1. The van der Waals surface area contributed by atoms with Crippen molar-refractivity contribution in [2.24, 2.45) is 7.05 Å². The third-order valence-electron chi connectivity index (χ3n) is 2.06. The lowest BCUT2D eigenvalue weighted by atomic mass is 10.3. The van der Waals surface area contributed by atoms with E-state index in [0.717, 1.165) is 0 Å². The van der Waals surface area contributed by atoms with E-state index in [-0.39, 0.29) is 24.7 Å².